The first-order valence-corrected chi connectivity index (χ1v) is 9.02. The number of rotatable bonds is 4. The highest BCUT2D eigenvalue weighted by atomic mass is 35.5. The maximum absolute atomic E-state index is 14.4. The van der Waals surface area contributed by atoms with E-state index < -0.39 is 18.1 Å². The standard InChI is InChI=1S/C20H15ClF3N3O/c21-14-7-4-8-15(16(14)22)26-10-9-13-17(20(26)28)25-27(18(13)19(23)24)11-12-5-2-1-3-6-12/h1-8,19H,9-11H2. The molecule has 0 saturated heterocycles. The topological polar surface area (TPSA) is 38.1 Å². The number of carbonyl (C=O) groups is 1. The van der Waals surface area contributed by atoms with Gasteiger partial charge in [-0.15, -0.1) is 0 Å². The first-order valence-electron chi connectivity index (χ1n) is 8.65. The largest absolute Gasteiger partial charge is 0.304 e. The molecule has 0 saturated carbocycles. The fourth-order valence-electron chi connectivity index (χ4n) is 3.44. The molecule has 0 atom stereocenters. The molecule has 28 heavy (non-hydrogen) atoms. The van der Waals surface area contributed by atoms with Gasteiger partial charge >= 0.3 is 0 Å². The van der Waals surface area contributed by atoms with Gasteiger partial charge in [0.1, 0.15) is 5.69 Å². The molecule has 3 aromatic rings. The lowest BCUT2D eigenvalue weighted by Gasteiger charge is -2.27. The van der Waals surface area contributed by atoms with Gasteiger partial charge in [0, 0.05) is 12.1 Å². The molecule has 0 radical (unpaired) electrons. The van der Waals surface area contributed by atoms with Crippen LogP contribution >= 0.6 is 11.6 Å². The summed E-state index contributed by atoms with van der Waals surface area (Å²) in [5, 5.41) is 4.05. The maximum atomic E-state index is 14.4. The van der Waals surface area contributed by atoms with Crippen LogP contribution in [0.15, 0.2) is 48.5 Å². The number of benzene rings is 2. The molecule has 144 valence electrons. The summed E-state index contributed by atoms with van der Waals surface area (Å²) in [6, 6.07) is 13.4. The second-order valence-corrected chi connectivity index (χ2v) is 6.84. The summed E-state index contributed by atoms with van der Waals surface area (Å²) < 4.78 is 43.0. The van der Waals surface area contributed by atoms with Crippen LogP contribution in [0.3, 0.4) is 0 Å². The molecule has 1 amide bonds. The lowest BCUT2D eigenvalue weighted by molar-refractivity contribution is 0.0974. The molecule has 0 fully saturated rings. The Balaban J connectivity index is 1.75. The van der Waals surface area contributed by atoms with Gasteiger partial charge in [-0.2, -0.15) is 5.10 Å². The Morgan fingerprint density at radius 2 is 1.86 bits per heavy atom. The number of nitrogens with zero attached hydrogens (tertiary/aromatic N) is 3. The molecule has 0 bridgehead atoms. The molecule has 0 unspecified atom stereocenters. The molecule has 8 heteroatoms. The van der Waals surface area contributed by atoms with Crippen molar-refractivity contribution in [2.75, 3.05) is 11.4 Å². The van der Waals surface area contributed by atoms with E-state index in [2.05, 4.69) is 5.10 Å². The Kier molecular flexibility index (Phi) is 4.85. The molecule has 2 heterocycles. The van der Waals surface area contributed by atoms with Gasteiger partial charge < -0.3 is 4.90 Å². The summed E-state index contributed by atoms with van der Waals surface area (Å²) >= 11 is 5.81. The smallest absolute Gasteiger partial charge is 0.280 e. The number of fused-ring (bicyclic) bond motifs is 1. The van der Waals surface area contributed by atoms with E-state index in [1.54, 1.807) is 24.3 Å². The zero-order valence-electron chi connectivity index (χ0n) is 14.6. The Labute approximate surface area is 164 Å². The molecule has 4 nitrogen and oxygen atoms in total. The summed E-state index contributed by atoms with van der Waals surface area (Å²) in [6.07, 6.45) is -2.62. The predicted octanol–water partition coefficient (Wildman–Crippen LogP) is 4.86. The quantitative estimate of drug-likeness (QED) is 0.621. The van der Waals surface area contributed by atoms with Gasteiger partial charge in [-0.1, -0.05) is 48.0 Å². The van der Waals surface area contributed by atoms with Gasteiger partial charge in [-0.3, -0.25) is 9.48 Å². The first kappa shape index (κ1) is 18.6. The third-order valence-electron chi connectivity index (χ3n) is 4.73. The number of anilines is 1. The summed E-state index contributed by atoms with van der Waals surface area (Å²) in [5.41, 5.74) is 0.679. The number of hydrogen-bond donors (Lipinski definition) is 0. The normalized spacial score (nSPS) is 13.9. The van der Waals surface area contributed by atoms with Crippen molar-refractivity contribution in [1.82, 2.24) is 9.78 Å². The van der Waals surface area contributed by atoms with E-state index in [-0.39, 0.29) is 47.2 Å². The van der Waals surface area contributed by atoms with E-state index in [9.17, 15) is 18.0 Å². The zero-order valence-corrected chi connectivity index (χ0v) is 15.3. The fourth-order valence-corrected chi connectivity index (χ4v) is 3.60. The van der Waals surface area contributed by atoms with Crippen LogP contribution in [-0.4, -0.2) is 22.2 Å². The van der Waals surface area contributed by atoms with Crippen molar-refractivity contribution in [2.24, 2.45) is 0 Å². The van der Waals surface area contributed by atoms with Crippen molar-refractivity contribution in [1.29, 1.82) is 0 Å². The predicted molar refractivity (Wildman–Crippen MR) is 99.5 cm³/mol. The van der Waals surface area contributed by atoms with Crippen molar-refractivity contribution in [3.8, 4) is 0 Å². The van der Waals surface area contributed by atoms with Crippen LogP contribution < -0.4 is 4.90 Å². The van der Waals surface area contributed by atoms with Gasteiger partial charge in [0.05, 0.1) is 17.3 Å². The Hall–Kier alpha value is -2.80. The highest BCUT2D eigenvalue weighted by molar-refractivity contribution is 6.31. The zero-order chi connectivity index (χ0) is 19.8. The van der Waals surface area contributed by atoms with Crippen LogP contribution in [-0.2, 0) is 13.0 Å². The minimum absolute atomic E-state index is 0.0133. The van der Waals surface area contributed by atoms with Crippen molar-refractivity contribution in [3.63, 3.8) is 0 Å². The molecular weight excluding hydrogens is 391 g/mol. The Morgan fingerprint density at radius 3 is 2.57 bits per heavy atom. The third kappa shape index (κ3) is 3.16. The van der Waals surface area contributed by atoms with E-state index in [1.807, 2.05) is 6.07 Å². The number of halogens is 4. The molecule has 2 aromatic carbocycles. The summed E-state index contributed by atoms with van der Waals surface area (Å²) in [6.45, 7) is 0.187. The number of alkyl halides is 2. The molecule has 4 rings (SSSR count). The van der Waals surface area contributed by atoms with E-state index in [4.69, 9.17) is 11.6 Å². The third-order valence-corrected chi connectivity index (χ3v) is 5.02. The van der Waals surface area contributed by atoms with Crippen molar-refractivity contribution >= 4 is 23.2 Å². The SMILES string of the molecule is O=C1c2nn(Cc3ccccc3)c(C(F)F)c2CCN1c1cccc(Cl)c1F. The highest BCUT2D eigenvalue weighted by Gasteiger charge is 2.35. The van der Waals surface area contributed by atoms with Crippen LogP contribution in [0.2, 0.25) is 5.02 Å². The Bertz CT molecular complexity index is 1040. The van der Waals surface area contributed by atoms with Gasteiger partial charge in [-0.25, -0.2) is 13.2 Å². The molecule has 0 N–H and O–H groups in total. The summed E-state index contributed by atoms with van der Waals surface area (Å²) in [4.78, 5) is 14.1. The minimum Gasteiger partial charge on any atom is -0.304 e. The van der Waals surface area contributed by atoms with Crippen LogP contribution in [0, 0.1) is 5.82 Å². The lowest BCUT2D eigenvalue weighted by atomic mass is 10.0. The van der Waals surface area contributed by atoms with E-state index in [0.717, 1.165) is 5.56 Å². The van der Waals surface area contributed by atoms with E-state index in [1.165, 1.54) is 27.8 Å². The second kappa shape index (κ2) is 7.31. The first-order chi connectivity index (χ1) is 13.5. The van der Waals surface area contributed by atoms with E-state index in [0.29, 0.717) is 0 Å². The van der Waals surface area contributed by atoms with Gasteiger partial charge in [0.25, 0.3) is 12.3 Å². The van der Waals surface area contributed by atoms with E-state index >= 15 is 0 Å². The lowest BCUT2D eigenvalue weighted by Crippen LogP contribution is -2.38. The van der Waals surface area contributed by atoms with Crippen molar-refractivity contribution in [2.45, 2.75) is 19.4 Å². The molecule has 1 aromatic heterocycles. The van der Waals surface area contributed by atoms with Gasteiger partial charge in [0.2, 0.25) is 0 Å². The summed E-state index contributed by atoms with van der Waals surface area (Å²) in [7, 11) is 0. The average Bonchev–Trinajstić information content (AvgIpc) is 3.05. The van der Waals surface area contributed by atoms with Gasteiger partial charge in [-0.05, 0) is 24.1 Å². The second-order valence-electron chi connectivity index (χ2n) is 6.44. The Morgan fingerprint density at radius 1 is 1.11 bits per heavy atom. The fraction of sp³-hybridized carbons (Fsp3) is 0.200. The molecular formula is C20H15ClF3N3O. The minimum atomic E-state index is -2.78. The number of carbonyl (C=O) groups excluding carboxylic acids is 1. The molecule has 1 aliphatic heterocycles. The van der Waals surface area contributed by atoms with Crippen LogP contribution in [0.25, 0.3) is 0 Å². The van der Waals surface area contributed by atoms with Crippen molar-refractivity contribution in [3.05, 3.63) is 81.9 Å². The van der Waals surface area contributed by atoms with Crippen LogP contribution in [0.4, 0.5) is 18.9 Å². The molecule has 1 aliphatic rings. The number of aromatic nitrogens is 2. The van der Waals surface area contributed by atoms with Crippen LogP contribution in [0.1, 0.15) is 33.7 Å². The molecule has 0 aliphatic carbocycles. The number of hydrogen-bond acceptors (Lipinski definition) is 2. The number of amides is 1. The maximum Gasteiger partial charge on any atom is 0.280 e. The highest BCUT2D eigenvalue weighted by Crippen LogP contribution is 2.34. The molecule has 0 spiro atoms. The monoisotopic (exact) mass is 405 g/mol. The summed E-state index contributed by atoms with van der Waals surface area (Å²) in [5.74, 6) is -1.34. The van der Waals surface area contributed by atoms with Crippen molar-refractivity contribution < 1.29 is 18.0 Å². The van der Waals surface area contributed by atoms with Crippen LogP contribution in [0.5, 0.6) is 0 Å². The average molecular weight is 406 g/mol. The van der Waals surface area contributed by atoms with Gasteiger partial charge in [0.15, 0.2) is 11.5 Å².